The second-order valence-electron chi connectivity index (χ2n) is 2.97. The standard InChI is InChI=1S/C9H10N2O5/c1-16-6-4-2-3-5(7(10)9(12)13)8(6)11(14)15/h2-4,7H,10H2,1H3,(H,12,13)/t7-/m1/s1. The van der Waals surface area contributed by atoms with Crippen LogP contribution in [0.15, 0.2) is 18.2 Å². The number of ether oxygens (including phenoxy) is 1. The van der Waals surface area contributed by atoms with E-state index in [1.165, 1.54) is 25.3 Å². The molecule has 1 rings (SSSR count). The fraction of sp³-hybridized carbons (Fsp3) is 0.222. The Morgan fingerprint density at radius 2 is 2.25 bits per heavy atom. The van der Waals surface area contributed by atoms with E-state index in [0.717, 1.165) is 0 Å². The molecular weight excluding hydrogens is 216 g/mol. The van der Waals surface area contributed by atoms with Crippen molar-refractivity contribution < 1.29 is 19.6 Å². The van der Waals surface area contributed by atoms with Gasteiger partial charge in [0.1, 0.15) is 6.04 Å². The van der Waals surface area contributed by atoms with Crippen molar-refractivity contribution in [3.63, 3.8) is 0 Å². The van der Waals surface area contributed by atoms with E-state index in [9.17, 15) is 14.9 Å². The van der Waals surface area contributed by atoms with Crippen LogP contribution < -0.4 is 10.5 Å². The van der Waals surface area contributed by atoms with Gasteiger partial charge in [-0.2, -0.15) is 0 Å². The molecule has 0 aromatic heterocycles. The van der Waals surface area contributed by atoms with Crippen molar-refractivity contribution in [1.82, 2.24) is 0 Å². The molecule has 3 N–H and O–H groups in total. The number of nitrogens with two attached hydrogens (primary N) is 1. The largest absolute Gasteiger partial charge is 0.490 e. The molecule has 0 spiro atoms. The van der Waals surface area contributed by atoms with Gasteiger partial charge in [-0.1, -0.05) is 6.07 Å². The molecule has 1 atom stereocenters. The van der Waals surface area contributed by atoms with Gasteiger partial charge in [0.05, 0.1) is 17.6 Å². The van der Waals surface area contributed by atoms with Crippen LogP contribution in [-0.2, 0) is 4.79 Å². The summed E-state index contributed by atoms with van der Waals surface area (Å²) in [6.45, 7) is 0. The number of hydrogen-bond donors (Lipinski definition) is 2. The van der Waals surface area contributed by atoms with E-state index >= 15 is 0 Å². The third kappa shape index (κ3) is 2.09. The van der Waals surface area contributed by atoms with E-state index in [4.69, 9.17) is 15.6 Å². The Labute approximate surface area is 90.6 Å². The van der Waals surface area contributed by atoms with Gasteiger partial charge in [-0.25, -0.2) is 0 Å². The van der Waals surface area contributed by atoms with E-state index in [0.29, 0.717) is 0 Å². The van der Waals surface area contributed by atoms with Crippen LogP contribution in [0.3, 0.4) is 0 Å². The number of methoxy groups -OCH3 is 1. The Hall–Kier alpha value is -2.15. The molecular formula is C9H10N2O5. The molecule has 7 heteroatoms. The van der Waals surface area contributed by atoms with E-state index in [-0.39, 0.29) is 11.3 Å². The highest BCUT2D eigenvalue weighted by molar-refractivity contribution is 5.78. The number of hydrogen-bond acceptors (Lipinski definition) is 5. The Bertz CT molecular complexity index is 432. The summed E-state index contributed by atoms with van der Waals surface area (Å²) >= 11 is 0. The van der Waals surface area contributed by atoms with Crippen molar-refractivity contribution in [2.24, 2.45) is 5.73 Å². The number of rotatable bonds is 4. The highest BCUT2D eigenvalue weighted by Gasteiger charge is 2.27. The predicted octanol–water partition coefficient (Wildman–Crippen LogP) is 0.688. The van der Waals surface area contributed by atoms with Gasteiger partial charge in [0, 0.05) is 0 Å². The maximum atomic E-state index is 10.8. The highest BCUT2D eigenvalue weighted by Crippen LogP contribution is 2.33. The predicted molar refractivity (Wildman–Crippen MR) is 54.2 cm³/mol. The third-order valence-corrected chi connectivity index (χ3v) is 2.03. The van der Waals surface area contributed by atoms with Gasteiger partial charge < -0.3 is 15.6 Å². The van der Waals surface area contributed by atoms with Crippen LogP contribution in [0.4, 0.5) is 5.69 Å². The summed E-state index contributed by atoms with van der Waals surface area (Å²) in [4.78, 5) is 20.8. The van der Waals surface area contributed by atoms with E-state index in [1.54, 1.807) is 0 Å². The maximum absolute atomic E-state index is 10.8. The van der Waals surface area contributed by atoms with Crippen molar-refractivity contribution in [1.29, 1.82) is 0 Å². The van der Waals surface area contributed by atoms with Crippen molar-refractivity contribution in [2.45, 2.75) is 6.04 Å². The van der Waals surface area contributed by atoms with E-state index in [2.05, 4.69) is 0 Å². The highest BCUT2D eigenvalue weighted by atomic mass is 16.6. The molecule has 0 saturated carbocycles. The molecule has 0 aliphatic carbocycles. The van der Waals surface area contributed by atoms with Crippen LogP contribution >= 0.6 is 0 Å². The fourth-order valence-electron chi connectivity index (χ4n) is 1.28. The van der Waals surface area contributed by atoms with E-state index < -0.39 is 22.6 Å². The zero-order chi connectivity index (χ0) is 12.3. The Kier molecular flexibility index (Phi) is 3.41. The second-order valence-corrected chi connectivity index (χ2v) is 2.97. The smallest absolute Gasteiger partial charge is 0.325 e. The molecule has 0 radical (unpaired) electrons. The van der Waals surface area contributed by atoms with Gasteiger partial charge in [-0.05, 0) is 12.1 Å². The first-order valence-corrected chi connectivity index (χ1v) is 4.28. The quantitative estimate of drug-likeness (QED) is 0.576. The SMILES string of the molecule is COc1cccc([C@@H](N)C(=O)O)c1[N+](=O)[O-]. The monoisotopic (exact) mass is 226 g/mol. The first-order valence-electron chi connectivity index (χ1n) is 4.28. The molecule has 0 saturated heterocycles. The summed E-state index contributed by atoms with van der Waals surface area (Å²) in [6, 6.07) is 2.66. The van der Waals surface area contributed by atoms with Crippen LogP contribution in [-0.4, -0.2) is 23.1 Å². The molecule has 0 fully saturated rings. The maximum Gasteiger partial charge on any atom is 0.325 e. The molecule has 0 unspecified atom stereocenters. The summed E-state index contributed by atoms with van der Waals surface area (Å²) in [7, 11) is 1.26. The van der Waals surface area contributed by atoms with Gasteiger partial charge >= 0.3 is 11.7 Å². The zero-order valence-electron chi connectivity index (χ0n) is 8.41. The number of nitrogens with zero attached hydrogens (tertiary/aromatic N) is 1. The third-order valence-electron chi connectivity index (χ3n) is 2.03. The Morgan fingerprint density at radius 1 is 1.62 bits per heavy atom. The van der Waals surface area contributed by atoms with Crippen LogP contribution in [0.2, 0.25) is 0 Å². The Balaban J connectivity index is 3.38. The van der Waals surface area contributed by atoms with Crippen LogP contribution in [0.25, 0.3) is 0 Å². The molecule has 7 nitrogen and oxygen atoms in total. The molecule has 1 aromatic rings. The average Bonchev–Trinajstić information content (AvgIpc) is 2.26. The zero-order valence-corrected chi connectivity index (χ0v) is 8.41. The summed E-state index contributed by atoms with van der Waals surface area (Å²) < 4.78 is 4.79. The number of benzene rings is 1. The molecule has 0 amide bonds. The minimum Gasteiger partial charge on any atom is -0.490 e. The lowest BCUT2D eigenvalue weighted by Gasteiger charge is -2.09. The topological polar surface area (TPSA) is 116 Å². The number of carbonyl (C=O) groups is 1. The van der Waals surface area contributed by atoms with Crippen molar-refractivity contribution in [3.8, 4) is 5.75 Å². The molecule has 16 heavy (non-hydrogen) atoms. The van der Waals surface area contributed by atoms with Gasteiger partial charge in [-0.15, -0.1) is 0 Å². The number of carboxylic acid groups (broad SMARTS) is 1. The van der Waals surface area contributed by atoms with Crippen molar-refractivity contribution in [3.05, 3.63) is 33.9 Å². The van der Waals surface area contributed by atoms with Gasteiger partial charge in [0.15, 0.2) is 5.75 Å². The summed E-state index contributed by atoms with van der Waals surface area (Å²) in [5, 5.41) is 19.5. The van der Waals surface area contributed by atoms with Crippen molar-refractivity contribution in [2.75, 3.05) is 7.11 Å². The van der Waals surface area contributed by atoms with Crippen LogP contribution in [0, 0.1) is 10.1 Å². The summed E-state index contributed by atoms with van der Waals surface area (Å²) in [5.41, 5.74) is 4.84. The molecule has 0 aliphatic rings. The molecule has 0 aliphatic heterocycles. The summed E-state index contributed by atoms with van der Waals surface area (Å²) in [6.07, 6.45) is 0. The fourth-order valence-corrected chi connectivity index (χ4v) is 1.28. The molecule has 0 heterocycles. The van der Waals surface area contributed by atoms with Crippen molar-refractivity contribution >= 4 is 11.7 Å². The van der Waals surface area contributed by atoms with Crippen LogP contribution in [0.5, 0.6) is 5.75 Å². The van der Waals surface area contributed by atoms with Gasteiger partial charge in [0.2, 0.25) is 0 Å². The number of para-hydroxylation sites is 1. The number of nitro groups is 1. The first kappa shape index (κ1) is 11.9. The second kappa shape index (κ2) is 4.58. The molecule has 1 aromatic carbocycles. The number of carboxylic acids is 1. The normalized spacial score (nSPS) is 11.9. The first-order chi connectivity index (χ1) is 7.49. The number of nitro benzene ring substituents is 1. The lowest BCUT2D eigenvalue weighted by atomic mass is 10.1. The molecule has 0 bridgehead atoms. The number of aliphatic carboxylic acids is 1. The minimum absolute atomic E-state index is 0.0146. The van der Waals surface area contributed by atoms with Gasteiger partial charge in [-0.3, -0.25) is 14.9 Å². The lowest BCUT2D eigenvalue weighted by molar-refractivity contribution is -0.386. The van der Waals surface area contributed by atoms with Gasteiger partial charge in [0.25, 0.3) is 0 Å². The lowest BCUT2D eigenvalue weighted by Crippen LogP contribution is -2.21. The average molecular weight is 226 g/mol. The molecule has 86 valence electrons. The summed E-state index contributed by atoms with van der Waals surface area (Å²) in [5.74, 6) is -1.35. The van der Waals surface area contributed by atoms with Crippen LogP contribution in [0.1, 0.15) is 11.6 Å². The minimum atomic E-state index is -1.45. The van der Waals surface area contributed by atoms with E-state index in [1.807, 2.05) is 0 Å². The Morgan fingerprint density at radius 3 is 2.69 bits per heavy atom.